The highest BCUT2D eigenvalue weighted by atomic mass is 16.4. The van der Waals surface area contributed by atoms with Crippen LogP contribution in [-0.4, -0.2) is 77.2 Å². The topological polar surface area (TPSA) is 169 Å². The fraction of sp³-hybridized carbons (Fsp3) is 0.733. The average Bonchev–Trinajstić information content (AvgIpc) is 2.43. The Labute approximate surface area is 138 Å². The van der Waals surface area contributed by atoms with E-state index in [2.05, 4.69) is 0 Å². The standard InChI is InChI=1S/C15H24O9/c1-7(16)10(19)12(4,21)13(5,22)14(6,23)15(24,9(3)18)11(20)8(2)17/h11,20-24H,1-6H3. The van der Waals surface area contributed by atoms with E-state index in [4.69, 9.17) is 0 Å². The molecule has 9 nitrogen and oxygen atoms in total. The second kappa shape index (κ2) is 6.41. The SMILES string of the molecule is CC(=O)C(=O)C(C)(O)C(C)(O)C(C)(O)C(O)(C(C)=O)C(O)C(C)=O. The summed E-state index contributed by atoms with van der Waals surface area (Å²) in [7, 11) is 0. The summed E-state index contributed by atoms with van der Waals surface area (Å²) in [5.41, 5.74) is -12.3. The van der Waals surface area contributed by atoms with Gasteiger partial charge in [0.25, 0.3) is 0 Å². The van der Waals surface area contributed by atoms with Crippen molar-refractivity contribution in [3.8, 4) is 0 Å². The molecule has 0 heterocycles. The van der Waals surface area contributed by atoms with Crippen molar-refractivity contribution < 1.29 is 44.7 Å². The van der Waals surface area contributed by atoms with Crippen LogP contribution in [0.4, 0.5) is 0 Å². The van der Waals surface area contributed by atoms with Crippen molar-refractivity contribution in [3.05, 3.63) is 0 Å². The smallest absolute Gasteiger partial charge is 0.232 e. The molecule has 0 saturated carbocycles. The number of ketones is 4. The van der Waals surface area contributed by atoms with Crippen molar-refractivity contribution in [1.29, 1.82) is 0 Å². The Hall–Kier alpha value is -1.52. The van der Waals surface area contributed by atoms with Crippen LogP contribution < -0.4 is 0 Å². The molecule has 0 fully saturated rings. The third-order valence-corrected chi connectivity index (χ3v) is 4.72. The Kier molecular flexibility index (Phi) is 6.01. The Morgan fingerprint density at radius 2 is 1.17 bits per heavy atom. The number of rotatable bonds is 8. The number of hydrogen-bond donors (Lipinski definition) is 5. The first-order chi connectivity index (χ1) is 10.4. The van der Waals surface area contributed by atoms with Crippen molar-refractivity contribution in [3.63, 3.8) is 0 Å². The Balaban J connectivity index is 6.54. The zero-order valence-corrected chi connectivity index (χ0v) is 14.4. The van der Waals surface area contributed by atoms with Gasteiger partial charge in [0.15, 0.2) is 34.7 Å². The molecule has 0 saturated heterocycles. The molecule has 0 rings (SSSR count). The van der Waals surface area contributed by atoms with E-state index in [0.717, 1.165) is 20.8 Å². The van der Waals surface area contributed by atoms with Gasteiger partial charge in [-0.25, -0.2) is 0 Å². The monoisotopic (exact) mass is 348 g/mol. The second-order valence-electron chi connectivity index (χ2n) is 6.44. The van der Waals surface area contributed by atoms with Crippen LogP contribution in [0, 0.1) is 0 Å². The quantitative estimate of drug-likeness (QED) is 0.302. The lowest BCUT2D eigenvalue weighted by molar-refractivity contribution is -0.282. The van der Waals surface area contributed by atoms with Crippen molar-refractivity contribution in [1.82, 2.24) is 0 Å². The summed E-state index contributed by atoms with van der Waals surface area (Å²) in [5, 5.41) is 52.0. The predicted molar refractivity (Wildman–Crippen MR) is 79.9 cm³/mol. The largest absolute Gasteiger partial charge is 0.384 e. The van der Waals surface area contributed by atoms with Crippen molar-refractivity contribution in [2.45, 2.75) is 70.1 Å². The third kappa shape index (κ3) is 2.93. The molecule has 0 aromatic heterocycles. The first kappa shape index (κ1) is 22.5. The van der Waals surface area contributed by atoms with Crippen LogP contribution in [0.15, 0.2) is 0 Å². The fourth-order valence-electron chi connectivity index (χ4n) is 2.50. The Bertz CT molecular complexity index is 573. The van der Waals surface area contributed by atoms with Crippen molar-refractivity contribution in [2.24, 2.45) is 0 Å². The van der Waals surface area contributed by atoms with Gasteiger partial charge >= 0.3 is 0 Å². The van der Waals surface area contributed by atoms with E-state index in [9.17, 15) is 44.7 Å². The molecule has 24 heavy (non-hydrogen) atoms. The number of carbonyl (C=O) groups excluding carboxylic acids is 4. The van der Waals surface area contributed by atoms with Gasteiger partial charge in [-0.05, 0) is 34.6 Å². The zero-order valence-electron chi connectivity index (χ0n) is 14.4. The summed E-state index contributed by atoms with van der Waals surface area (Å²) in [6.45, 7) is 4.41. The average molecular weight is 348 g/mol. The first-order valence-electron chi connectivity index (χ1n) is 7.05. The molecule has 5 N–H and O–H groups in total. The highest BCUT2D eigenvalue weighted by Crippen LogP contribution is 2.42. The highest BCUT2D eigenvalue weighted by Gasteiger charge is 2.70. The summed E-state index contributed by atoms with van der Waals surface area (Å²) in [4.78, 5) is 46.4. The number of Topliss-reactive ketones (excluding diaryl/α,β-unsaturated/α-hetero) is 4. The van der Waals surface area contributed by atoms with Crippen LogP contribution in [-0.2, 0) is 19.2 Å². The van der Waals surface area contributed by atoms with Gasteiger partial charge in [0, 0.05) is 6.92 Å². The molecule has 0 radical (unpaired) electrons. The van der Waals surface area contributed by atoms with Gasteiger partial charge in [0.2, 0.25) is 5.78 Å². The normalized spacial score (nSPS) is 23.0. The number of aliphatic hydroxyl groups is 5. The summed E-state index contributed by atoms with van der Waals surface area (Å²) in [6.07, 6.45) is -2.46. The van der Waals surface area contributed by atoms with Crippen LogP contribution in [0.25, 0.3) is 0 Å². The summed E-state index contributed by atoms with van der Waals surface area (Å²) in [5.74, 6) is -5.08. The molecular weight excluding hydrogens is 324 g/mol. The van der Waals surface area contributed by atoms with Crippen molar-refractivity contribution in [2.75, 3.05) is 0 Å². The second-order valence-corrected chi connectivity index (χ2v) is 6.44. The molecular formula is C15H24O9. The molecule has 5 unspecified atom stereocenters. The first-order valence-corrected chi connectivity index (χ1v) is 7.05. The molecule has 0 aliphatic carbocycles. The summed E-state index contributed by atoms with van der Waals surface area (Å²) < 4.78 is 0. The Morgan fingerprint density at radius 1 is 0.792 bits per heavy atom. The Morgan fingerprint density at radius 3 is 1.42 bits per heavy atom. The summed E-state index contributed by atoms with van der Waals surface area (Å²) in [6, 6.07) is 0. The predicted octanol–water partition coefficient (Wildman–Crippen LogP) is -2.33. The van der Waals surface area contributed by atoms with Crippen molar-refractivity contribution >= 4 is 23.1 Å². The minimum absolute atomic E-state index is 0.655. The number of hydrogen-bond acceptors (Lipinski definition) is 9. The van der Waals surface area contributed by atoms with Gasteiger partial charge in [-0.15, -0.1) is 0 Å². The van der Waals surface area contributed by atoms with E-state index >= 15 is 0 Å². The van der Waals surface area contributed by atoms with E-state index in [0.29, 0.717) is 20.8 Å². The van der Waals surface area contributed by atoms with Crippen LogP contribution >= 0.6 is 0 Å². The highest BCUT2D eigenvalue weighted by molar-refractivity contribution is 6.39. The maximum absolute atomic E-state index is 11.9. The molecule has 0 aliphatic rings. The molecule has 0 aliphatic heterocycles. The zero-order chi connectivity index (χ0) is 19.9. The lowest BCUT2D eigenvalue weighted by atomic mass is 9.61. The van der Waals surface area contributed by atoms with Crippen LogP contribution in [0.3, 0.4) is 0 Å². The van der Waals surface area contributed by atoms with E-state index in [1.807, 2.05) is 0 Å². The number of carbonyl (C=O) groups is 4. The minimum Gasteiger partial charge on any atom is -0.384 e. The molecule has 9 heteroatoms. The maximum Gasteiger partial charge on any atom is 0.232 e. The molecule has 138 valence electrons. The molecule has 0 aromatic rings. The van der Waals surface area contributed by atoms with Crippen LogP contribution in [0.5, 0.6) is 0 Å². The molecule has 0 spiro atoms. The lowest BCUT2D eigenvalue weighted by Crippen LogP contribution is -2.79. The van der Waals surface area contributed by atoms with Gasteiger partial charge in [-0.3, -0.25) is 19.2 Å². The molecule has 5 atom stereocenters. The van der Waals surface area contributed by atoms with E-state index in [1.165, 1.54) is 0 Å². The maximum atomic E-state index is 11.9. The van der Waals surface area contributed by atoms with Gasteiger partial charge in [0.05, 0.1) is 0 Å². The summed E-state index contributed by atoms with van der Waals surface area (Å²) >= 11 is 0. The van der Waals surface area contributed by atoms with E-state index < -0.39 is 51.6 Å². The van der Waals surface area contributed by atoms with Crippen LogP contribution in [0.1, 0.15) is 41.5 Å². The molecule has 0 bridgehead atoms. The molecule has 0 aromatic carbocycles. The van der Waals surface area contributed by atoms with E-state index in [1.54, 1.807) is 0 Å². The van der Waals surface area contributed by atoms with Gasteiger partial charge in [-0.1, -0.05) is 0 Å². The minimum atomic E-state index is -3.26. The van der Waals surface area contributed by atoms with Gasteiger partial charge in [0.1, 0.15) is 11.2 Å². The molecule has 0 amide bonds. The van der Waals surface area contributed by atoms with Crippen LogP contribution in [0.2, 0.25) is 0 Å². The van der Waals surface area contributed by atoms with Gasteiger partial charge < -0.3 is 25.5 Å². The number of aliphatic hydroxyl groups excluding tert-OH is 1. The third-order valence-electron chi connectivity index (χ3n) is 4.72. The van der Waals surface area contributed by atoms with E-state index in [-0.39, 0.29) is 0 Å². The van der Waals surface area contributed by atoms with Gasteiger partial charge in [-0.2, -0.15) is 0 Å². The fourth-order valence-corrected chi connectivity index (χ4v) is 2.50. The lowest BCUT2D eigenvalue weighted by Gasteiger charge is -2.53.